The maximum absolute atomic E-state index is 14.7. The fourth-order valence-corrected chi connectivity index (χ4v) is 6.99. The van der Waals surface area contributed by atoms with Crippen molar-refractivity contribution in [3.05, 3.63) is 95.3 Å². The van der Waals surface area contributed by atoms with Crippen LogP contribution in [0.4, 0.5) is 5.69 Å². The lowest BCUT2D eigenvalue weighted by Crippen LogP contribution is -2.47. The Hall–Kier alpha value is -4.19. The number of carbonyl (C=O) groups is 2. The largest absolute Gasteiger partial charge is 0.495 e. The second-order valence-corrected chi connectivity index (χ2v) is 12.9. The molecule has 3 atom stereocenters. The summed E-state index contributed by atoms with van der Waals surface area (Å²) in [5.41, 5.74) is 1.23. The van der Waals surface area contributed by atoms with Crippen molar-refractivity contribution in [2.45, 2.75) is 30.3 Å². The van der Waals surface area contributed by atoms with Gasteiger partial charge in [-0.2, -0.15) is 0 Å². The molecule has 3 N–H and O–H groups in total. The first-order valence-electron chi connectivity index (χ1n) is 13.6. The summed E-state index contributed by atoms with van der Waals surface area (Å²) >= 11 is 6.31. The van der Waals surface area contributed by atoms with Gasteiger partial charge in [0.05, 0.1) is 40.4 Å². The molecular weight excluding hydrogens is 592 g/mol. The molecule has 2 heterocycles. The van der Waals surface area contributed by atoms with Crippen molar-refractivity contribution in [1.29, 1.82) is 0 Å². The van der Waals surface area contributed by atoms with Gasteiger partial charge in [-0.05, 0) is 59.3 Å². The topological polar surface area (TPSA) is 143 Å². The van der Waals surface area contributed by atoms with E-state index in [-0.39, 0.29) is 29.2 Å². The van der Waals surface area contributed by atoms with Crippen LogP contribution in [0.2, 0.25) is 5.02 Å². The zero-order chi connectivity index (χ0) is 30.9. The van der Waals surface area contributed by atoms with Crippen LogP contribution in [-0.2, 0) is 19.4 Å². The molecule has 0 spiro atoms. The van der Waals surface area contributed by atoms with Gasteiger partial charge in [0.1, 0.15) is 11.8 Å². The Bertz CT molecular complexity index is 1800. The smallest absolute Gasteiger partial charge is 0.309 e. The van der Waals surface area contributed by atoms with Gasteiger partial charge in [-0.25, -0.2) is 14.3 Å². The number of aromatic nitrogens is 1. The fraction of sp³-hybridized carbons (Fsp3) is 0.258. The Morgan fingerprint density at radius 1 is 1.14 bits per heavy atom. The number of benzene rings is 3. The van der Waals surface area contributed by atoms with Crippen molar-refractivity contribution in [2.24, 2.45) is 11.8 Å². The SMILES string of the molecule is CCS(=O)(=O)c1ccccc1C1C(C(=O)O)CCN1C(=O)[C@H](c1ccc(Cl)c(OC)c1)N(N)c1ccc2cnccc2c1. The molecule has 4 aromatic rings. The third-order valence-corrected chi connectivity index (χ3v) is 9.99. The molecular formula is C31H31ClN4O6S. The van der Waals surface area contributed by atoms with Gasteiger partial charge in [0.25, 0.3) is 5.91 Å². The molecule has 43 heavy (non-hydrogen) atoms. The Morgan fingerprint density at radius 2 is 1.91 bits per heavy atom. The number of pyridine rings is 1. The molecule has 0 saturated carbocycles. The van der Waals surface area contributed by atoms with Gasteiger partial charge in [0.2, 0.25) is 0 Å². The number of nitrogens with zero attached hydrogens (tertiary/aromatic N) is 3. The molecule has 3 aromatic carbocycles. The number of hydrogen-bond donors (Lipinski definition) is 2. The van der Waals surface area contributed by atoms with E-state index in [0.29, 0.717) is 22.0 Å². The number of anilines is 1. The second kappa shape index (κ2) is 12.2. The van der Waals surface area contributed by atoms with E-state index in [0.717, 1.165) is 10.8 Å². The lowest BCUT2D eigenvalue weighted by atomic mass is 9.93. The number of rotatable bonds is 9. The number of carboxylic acid groups (broad SMARTS) is 1. The Kier molecular flexibility index (Phi) is 8.59. The third-order valence-electron chi connectivity index (χ3n) is 7.88. The predicted octanol–water partition coefficient (Wildman–Crippen LogP) is 4.79. The molecule has 1 fully saturated rings. The zero-order valence-electron chi connectivity index (χ0n) is 23.6. The number of hydrazine groups is 1. The van der Waals surface area contributed by atoms with E-state index < -0.39 is 39.7 Å². The number of likely N-dealkylation sites (tertiary alicyclic amines) is 1. The molecule has 224 valence electrons. The van der Waals surface area contributed by atoms with Gasteiger partial charge in [0, 0.05) is 24.3 Å². The van der Waals surface area contributed by atoms with Crippen LogP contribution in [0.3, 0.4) is 0 Å². The van der Waals surface area contributed by atoms with Crippen LogP contribution in [-0.4, -0.2) is 54.7 Å². The van der Waals surface area contributed by atoms with Crippen LogP contribution in [0.15, 0.2) is 84.0 Å². The number of carboxylic acids is 1. The average molecular weight is 623 g/mol. The molecule has 0 aliphatic carbocycles. The monoisotopic (exact) mass is 622 g/mol. The number of ether oxygens (including phenoxy) is 1. The van der Waals surface area contributed by atoms with Crippen LogP contribution in [0.5, 0.6) is 5.75 Å². The molecule has 12 heteroatoms. The number of amides is 1. The molecule has 10 nitrogen and oxygen atoms in total. The van der Waals surface area contributed by atoms with Crippen LogP contribution < -0.4 is 15.6 Å². The van der Waals surface area contributed by atoms with Crippen LogP contribution in [0.25, 0.3) is 10.8 Å². The van der Waals surface area contributed by atoms with Crippen molar-refractivity contribution >= 4 is 49.8 Å². The van der Waals surface area contributed by atoms with Crippen molar-refractivity contribution in [1.82, 2.24) is 9.88 Å². The first kappa shape index (κ1) is 30.3. The molecule has 0 radical (unpaired) electrons. The van der Waals surface area contributed by atoms with Crippen LogP contribution in [0.1, 0.15) is 36.6 Å². The summed E-state index contributed by atoms with van der Waals surface area (Å²) in [7, 11) is -2.28. The number of sulfone groups is 1. The van der Waals surface area contributed by atoms with E-state index in [1.54, 1.807) is 54.9 Å². The molecule has 1 aliphatic rings. The summed E-state index contributed by atoms with van der Waals surface area (Å²) in [6, 6.07) is 16.2. The number of methoxy groups -OCH3 is 1. The molecule has 1 aromatic heterocycles. The lowest BCUT2D eigenvalue weighted by Gasteiger charge is -2.36. The molecule has 5 rings (SSSR count). The minimum absolute atomic E-state index is 0.00547. The number of carbonyl (C=O) groups excluding carboxylic acids is 1. The number of fused-ring (bicyclic) bond motifs is 1. The van der Waals surface area contributed by atoms with E-state index in [1.807, 2.05) is 18.2 Å². The third kappa shape index (κ3) is 5.75. The number of nitrogens with two attached hydrogens (primary N) is 1. The second-order valence-electron chi connectivity index (χ2n) is 10.3. The van der Waals surface area contributed by atoms with Gasteiger partial charge in [-0.3, -0.25) is 19.6 Å². The standard InChI is InChI=1S/C31H31ClN4O6S/c1-3-43(40,41)27-7-5-4-6-23(27)29-24(31(38)39)13-15-35(29)30(37)28(20-9-11-25(32)26(17-20)42-2)36(33)22-10-8-21-18-34-14-12-19(21)16-22/h4-12,14,16-18,24,28-29H,3,13,15,33H2,1-2H3,(H,38,39)/t24?,28-,29?/m0/s1. The van der Waals surface area contributed by atoms with Gasteiger partial charge < -0.3 is 14.7 Å². The van der Waals surface area contributed by atoms with E-state index >= 15 is 0 Å². The minimum atomic E-state index is -3.73. The van der Waals surface area contributed by atoms with Gasteiger partial charge >= 0.3 is 5.97 Å². The highest BCUT2D eigenvalue weighted by Gasteiger charge is 2.46. The Balaban J connectivity index is 1.66. The highest BCUT2D eigenvalue weighted by atomic mass is 35.5. The summed E-state index contributed by atoms with van der Waals surface area (Å²) in [5, 5.41) is 13.6. The van der Waals surface area contributed by atoms with Crippen LogP contribution in [0, 0.1) is 5.92 Å². The van der Waals surface area contributed by atoms with E-state index in [9.17, 15) is 23.1 Å². The number of hydrogen-bond acceptors (Lipinski definition) is 8. The van der Waals surface area contributed by atoms with Gasteiger partial charge in [-0.15, -0.1) is 0 Å². The molecule has 0 bridgehead atoms. The maximum Gasteiger partial charge on any atom is 0.309 e. The first-order valence-corrected chi connectivity index (χ1v) is 15.7. The van der Waals surface area contributed by atoms with Crippen molar-refractivity contribution < 1.29 is 27.9 Å². The fourth-order valence-electron chi connectivity index (χ4n) is 5.65. The summed E-state index contributed by atoms with van der Waals surface area (Å²) in [6.45, 7) is 1.60. The van der Waals surface area contributed by atoms with Gasteiger partial charge in [0.15, 0.2) is 9.84 Å². The predicted molar refractivity (Wildman–Crippen MR) is 164 cm³/mol. The summed E-state index contributed by atoms with van der Waals surface area (Å²) in [6.07, 6.45) is 3.51. The van der Waals surface area contributed by atoms with Crippen molar-refractivity contribution in [3.63, 3.8) is 0 Å². The van der Waals surface area contributed by atoms with Gasteiger partial charge in [-0.1, -0.05) is 48.9 Å². The van der Waals surface area contributed by atoms with Crippen LogP contribution >= 0.6 is 11.6 Å². The quantitative estimate of drug-likeness (QED) is 0.199. The zero-order valence-corrected chi connectivity index (χ0v) is 25.1. The summed E-state index contributed by atoms with van der Waals surface area (Å²) in [5.74, 6) is 4.24. The summed E-state index contributed by atoms with van der Waals surface area (Å²) < 4.78 is 31.6. The van der Waals surface area contributed by atoms with E-state index in [1.165, 1.54) is 30.0 Å². The lowest BCUT2D eigenvalue weighted by molar-refractivity contribution is -0.143. The van der Waals surface area contributed by atoms with E-state index in [4.69, 9.17) is 22.2 Å². The molecule has 1 aliphatic heterocycles. The van der Waals surface area contributed by atoms with E-state index in [2.05, 4.69) is 4.98 Å². The Labute approximate surface area is 254 Å². The molecule has 1 amide bonds. The average Bonchev–Trinajstić information content (AvgIpc) is 3.47. The normalized spacial score (nSPS) is 17.5. The van der Waals surface area contributed by atoms with Crippen molar-refractivity contribution in [3.8, 4) is 5.75 Å². The Morgan fingerprint density at radius 3 is 2.63 bits per heavy atom. The highest BCUT2D eigenvalue weighted by Crippen LogP contribution is 2.43. The summed E-state index contributed by atoms with van der Waals surface area (Å²) in [4.78, 5) is 32.7. The first-order chi connectivity index (χ1) is 20.6. The molecule has 1 saturated heterocycles. The molecule has 2 unspecified atom stereocenters. The maximum atomic E-state index is 14.7. The number of aliphatic carboxylic acids is 1. The number of halogens is 1. The highest BCUT2D eigenvalue weighted by molar-refractivity contribution is 7.91. The van der Waals surface area contributed by atoms with Crippen molar-refractivity contribution in [2.75, 3.05) is 24.4 Å². The minimum Gasteiger partial charge on any atom is -0.495 e.